The number of rotatable bonds is 0. The molecule has 246 valence electrons. The molecule has 0 fully saturated rings. The topological polar surface area (TPSA) is 25.3 Å². The van der Waals surface area contributed by atoms with Gasteiger partial charge in [-0.2, -0.15) is 9.13 Å². The van der Waals surface area contributed by atoms with Gasteiger partial charge in [0.15, 0.2) is 12.4 Å². The molecule has 2 unspecified atom stereocenters. The van der Waals surface area contributed by atoms with Crippen LogP contribution >= 0.6 is 0 Å². The van der Waals surface area contributed by atoms with E-state index in [1.807, 2.05) is 0 Å². The lowest BCUT2D eigenvalue weighted by atomic mass is 9.59. The van der Waals surface area contributed by atoms with E-state index in [1.54, 1.807) is 0 Å². The van der Waals surface area contributed by atoms with E-state index < -0.39 is 5.54 Å². The van der Waals surface area contributed by atoms with Crippen molar-refractivity contribution >= 4 is 65.7 Å². The first-order valence-corrected chi connectivity index (χ1v) is 18.3. The Morgan fingerprint density at radius 1 is 0.635 bits per heavy atom. The fraction of sp³-hybridized carbons (Fsp3) is 0.125. The smallest absolute Gasteiger partial charge is 0.257 e. The van der Waals surface area contributed by atoms with Crippen molar-refractivity contribution in [2.75, 3.05) is 0 Å². The summed E-state index contributed by atoms with van der Waals surface area (Å²) in [5.41, 5.74) is 13.6. The Kier molecular flexibility index (Phi) is 5.22. The normalized spacial score (nSPS) is 19.8. The Morgan fingerprint density at radius 2 is 1.40 bits per heavy atom. The zero-order valence-corrected chi connectivity index (χ0v) is 29.2. The summed E-state index contributed by atoms with van der Waals surface area (Å²) in [6, 6.07) is 46.9. The molecule has 0 N–H and O–H groups in total. The molecular formula is C48H35N3O+2. The molecule has 10 aromatic rings. The highest BCUT2D eigenvalue weighted by Crippen LogP contribution is 2.54. The average molecular weight is 670 g/mol. The summed E-state index contributed by atoms with van der Waals surface area (Å²) in [7, 11) is 0. The number of fused-ring (bicyclic) bond motifs is 19. The molecule has 5 aromatic carbocycles. The molecule has 0 bridgehead atoms. The van der Waals surface area contributed by atoms with Crippen molar-refractivity contribution in [3.8, 4) is 22.5 Å². The minimum Gasteiger partial charge on any atom is -0.456 e. The van der Waals surface area contributed by atoms with Crippen LogP contribution in [-0.2, 0) is 17.4 Å². The van der Waals surface area contributed by atoms with E-state index in [0.717, 1.165) is 35.1 Å². The lowest BCUT2D eigenvalue weighted by Crippen LogP contribution is -2.71. The van der Waals surface area contributed by atoms with Gasteiger partial charge in [0.1, 0.15) is 11.2 Å². The highest BCUT2D eigenvalue weighted by molar-refractivity contribution is 6.32. The van der Waals surface area contributed by atoms with Crippen LogP contribution in [0.2, 0.25) is 0 Å². The Morgan fingerprint density at radius 3 is 2.33 bits per heavy atom. The standard InChI is InChI=1S/C48H35N3O/c1-29-48(3)47(2,24-23-30-13-4-5-14-31(30)38-18-8-10-25-49(29)38)37-28-41-35(27-36(37)39-19-9-11-26-50(39)48)32-16-12-17-34-44-40(51(41)46(32)34)21-22-43-45(44)33-15-6-7-20-42(33)52-43/h4-22,25-28H,1,23-24H2,2-3H3/q+2. The molecular weight excluding hydrogens is 635 g/mol. The SMILES string of the molecule is C=C1[n+]2ccccc2-c2ccccc2CCC2(C)c3cc4c(cc3-c3cccc[n+]3C12C)c1cccc2c3c5c(ccc3n4c12)oc1ccccc15. The number of nitrogens with zero attached hydrogens (tertiary/aromatic N) is 3. The number of aryl methyl sites for hydroxylation is 1. The Balaban J connectivity index is 1.23. The molecule has 5 aromatic heterocycles. The highest BCUT2D eigenvalue weighted by atomic mass is 16.3. The summed E-state index contributed by atoms with van der Waals surface area (Å²) in [6.07, 6.45) is 6.39. The second-order valence-corrected chi connectivity index (χ2v) is 15.3. The van der Waals surface area contributed by atoms with Gasteiger partial charge in [-0.3, -0.25) is 0 Å². The third-order valence-electron chi connectivity index (χ3n) is 13.1. The van der Waals surface area contributed by atoms with Gasteiger partial charge in [0, 0.05) is 69.1 Å². The van der Waals surface area contributed by atoms with Crippen LogP contribution in [-0.4, -0.2) is 4.40 Å². The fourth-order valence-corrected chi connectivity index (χ4v) is 10.4. The first kappa shape index (κ1) is 28.4. The zero-order valence-electron chi connectivity index (χ0n) is 29.2. The van der Waals surface area contributed by atoms with Gasteiger partial charge in [-0.05, 0) is 86.0 Å². The number of pyridine rings is 2. The lowest BCUT2D eigenvalue weighted by molar-refractivity contribution is -0.769. The Bertz CT molecular complexity index is 3200. The molecule has 12 rings (SSSR count). The van der Waals surface area contributed by atoms with Crippen molar-refractivity contribution < 1.29 is 13.6 Å². The minimum absolute atomic E-state index is 0.324. The molecule has 0 radical (unpaired) electrons. The van der Waals surface area contributed by atoms with Gasteiger partial charge in [-0.15, -0.1) is 0 Å². The molecule has 0 spiro atoms. The fourth-order valence-electron chi connectivity index (χ4n) is 10.4. The predicted octanol–water partition coefficient (Wildman–Crippen LogP) is 10.7. The van der Waals surface area contributed by atoms with E-state index >= 15 is 0 Å². The molecule has 0 aliphatic carbocycles. The first-order chi connectivity index (χ1) is 25.5. The van der Waals surface area contributed by atoms with Gasteiger partial charge in [-0.25, -0.2) is 0 Å². The molecule has 0 amide bonds. The quantitative estimate of drug-likeness (QED) is 0.148. The summed E-state index contributed by atoms with van der Waals surface area (Å²) in [5, 5.41) is 7.46. The number of hydrogen-bond acceptors (Lipinski definition) is 1. The van der Waals surface area contributed by atoms with Gasteiger partial charge in [0.25, 0.3) is 11.2 Å². The number of furan rings is 1. The lowest BCUT2D eigenvalue weighted by Gasteiger charge is -2.45. The number of hydrogen-bond donors (Lipinski definition) is 0. The van der Waals surface area contributed by atoms with E-state index in [-0.39, 0.29) is 5.41 Å². The number of para-hydroxylation sites is 2. The third kappa shape index (κ3) is 3.21. The molecule has 2 atom stereocenters. The summed E-state index contributed by atoms with van der Waals surface area (Å²) >= 11 is 0. The van der Waals surface area contributed by atoms with E-state index in [2.05, 4.69) is 167 Å². The van der Waals surface area contributed by atoms with Gasteiger partial charge in [0.05, 0.1) is 27.5 Å². The van der Waals surface area contributed by atoms with Crippen LogP contribution < -0.4 is 9.13 Å². The van der Waals surface area contributed by atoms with Gasteiger partial charge in [-0.1, -0.05) is 54.6 Å². The molecule has 4 heteroatoms. The van der Waals surface area contributed by atoms with Crippen LogP contribution in [0.1, 0.15) is 31.4 Å². The van der Waals surface area contributed by atoms with Crippen LogP contribution in [0.4, 0.5) is 0 Å². The van der Waals surface area contributed by atoms with Gasteiger partial charge in [0.2, 0.25) is 11.4 Å². The third-order valence-corrected chi connectivity index (χ3v) is 13.1. The van der Waals surface area contributed by atoms with Crippen molar-refractivity contribution in [3.05, 3.63) is 157 Å². The first-order valence-electron chi connectivity index (χ1n) is 18.3. The van der Waals surface area contributed by atoms with Gasteiger partial charge >= 0.3 is 0 Å². The van der Waals surface area contributed by atoms with Crippen molar-refractivity contribution in [1.29, 1.82) is 0 Å². The van der Waals surface area contributed by atoms with Crippen LogP contribution in [0.3, 0.4) is 0 Å². The summed E-state index contributed by atoms with van der Waals surface area (Å²) in [4.78, 5) is 0. The predicted molar refractivity (Wildman–Crippen MR) is 211 cm³/mol. The summed E-state index contributed by atoms with van der Waals surface area (Å²) in [5.74, 6) is 0. The van der Waals surface area contributed by atoms with Crippen molar-refractivity contribution in [1.82, 2.24) is 4.40 Å². The van der Waals surface area contributed by atoms with E-state index in [9.17, 15) is 0 Å². The maximum atomic E-state index is 6.40. The number of aromatic nitrogens is 3. The van der Waals surface area contributed by atoms with E-state index in [0.29, 0.717) is 0 Å². The second-order valence-electron chi connectivity index (χ2n) is 15.3. The van der Waals surface area contributed by atoms with E-state index in [1.165, 1.54) is 77.1 Å². The molecule has 7 heterocycles. The Hall–Kier alpha value is -6.26. The van der Waals surface area contributed by atoms with Crippen LogP contribution in [0.15, 0.2) is 151 Å². The minimum atomic E-state index is -0.491. The van der Waals surface area contributed by atoms with Crippen molar-refractivity contribution in [2.24, 2.45) is 0 Å². The number of benzene rings is 5. The molecule has 2 aliphatic heterocycles. The van der Waals surface area contributed by atoms with Crippen LogP contribution in [0.25, 0.3) is 88.2 Å². The zero-order chi connectivity index (χ0) is 34.5. The Labute approximate surface area is 300 Å². The maximum absolute atomic E-state index is 6.40. The van der Waals surface area contributed by atoms with Crippen LogP contribution in [0.5, 0.6) is 0 Å². The second kappa shape index (κ2) is 9.54. The largest absolute Gasteiger partial charge is 0.456 e. The molecule has 0 saturated heterocycles. The van der Waals surface area contributed by atoms with Crippen molar-refractivity contribution in [3.63, 3.8) is 0 Å². The number of allylic oxidation sites excluding steroid dienone is 1. The summed E-state index contributed by atoms with van der Waals surface area (Å²) < 4.78 is 13.8. The molecule has 0 saturated carbocycles. The van der Waals surface area contributed by atoms with E-state index in [4.69, 9.17) is 11.0 Å². The maximum Gasteiger partial charge on any atom is 0.257 e. The average Bonchev–Trinajstić information content (AvgIpc) is 3.85. The highest BCUT2D eigenvalue weighted by Gasteiger charge is 2.64. The molecule has 2 aliphatic rings. The summed E-state index contributed by atoms with van der Waals surface area (Å²) in [6.45, 7) is 9.91. The van der Waals surface area contributed by atoms with Crippen LogP contribution in [0, 0.1) is 0 Å². The molecule has 52 heavy (non-hydrogen) atoms. The molecule has 4 nitrogen and oxygen atoms in total. The monoisotopic (exact) mass is 669 g/mol. The van der Waals surface area contributed by atoms with Gasteiger partial charge < -0.3 is 8.82 Å². The van der Waals surface area contributed by atoms with Crippen molar-refractivity contribution in [2.45, 2.75) is 37.6 Å².